The lowest BCUT2D eigenvalue weighted by atomic mass is 9.99. The van der Waals surface area contributed by atoms with Crippen LogP contribution in [0.2, 0.25) is 0 Å². The van der Waals surface area contributed by atoms with Gasteiger partial charge in [0.1, 0.15) is 19.3 Å². The highest BCUT2D eigenvalue weighted by molar-refractivity contribution is 7.47. The Morgan fingerprint density at radius 2 is 0.573 bits per heavy atom. The number of aliphatic hydroxyl groups excluding tert-OH is 1. The summed E-state index contributed by atoms with van der Waals surface area (Å²) in [6.07, 6.45) is 44.3. The Balaban J connectivity index is 5.27. The number of carbonyl (C=O) groups is 4. The molecule has 3 N–H and O–H groups in total. The van der Waals surface area contributed by atoms with E-state index < -0.39 is 97.5 Å². The van der Waals surface area contributed by atoms with Gasteiger partial charge < -0.3 is 33.8 Å². The van der Waals surface area contributed by atoms with Gasteiger partial charge in [0.25, 0.3) is 0 Å². The van der Waals surface area contributed by atoms with E-state index >= 15 is 0 Å². The third-order valence-electron chi connectivity index (χ3n) is 16.9. The first kappa shape index (κ1) is 87.1. The van der Waals surface area contributed by atoms with E-state index in [0.29, 0.717) is 25.7 Å². The maximum absolute atomic E-state index is 13.0. The molecule has 0 radical (unpaired) electrons. The van der Waals surface area contributed by atoms with Gasteiger partial charge in [-0.05, 0) is 43.4 Å². The van der Waals surface area contributed by atoms with Gasteiger partial charge in [-0.2, -0.15) is 0 Å². The second-order valence-corrected chi connectivity index (χ2v) is 29.1. The molecule has 0 aliphatic carbocycles. The lowest BCUT2D eigenvalue weighted by Gasteiger charge is -2.21. The summed E-state index contributed by atoms with van der Waals surface area (Å²) in [4.78, 5) is 72.5. The molecular formula is C70H136O17P2. The maximum atomic E-state index is 13.0. The number of esters is 4. The van der Waals surface area contributed by atoms with Crippen molar-refractivity contribution >= 4 is 39.5 Å². The summed E-state index contributed by atoms with van der Waals surface area (Å²) in [6.45, 7) is 11.8. The second kappa shape index (κ2) is 61.0. The van der Waals surface area contributed by atoms with Crippen LogP contribution in [0, 0.1) is 17.8 Å². The summed E-state index contributed by atoms with van der Waals surface area (Å²) >= 11 is 0. The Morgan fingerprint density at radius 1 is 0.326 bits per heavy atom. The van der Waals surface area contributed by atoms with Gasteiger partial charge in [-0.15, -0.1) is 0 Å². The largest absolute Gasteiger partial charge is 0.472 e. The van der Waals surface area contributed by atoms with Gasteiger partial charge in [0, 0.05) is 25.7 Å². The van der Waals surface area contributed by atoms with Crippen LogP contribution in [-0.2, 0) is 65.4 Å². The summed E-state index contributed by atoms with van der Waals surface area (Å²) in [5, 5.41) is 10.6. The molecule has 4 unspecified atom stereocenters. The molecule has 0 saturated heterocycles. The number of rotatable bonds is 68. The smallest absolute Gasteiger partial charge is 0.462 e. The molecule has 0 spiro atoms. The van der Waals surface area contributed by atoms with Crippen molar-refractivity contribution in [3.8, 4) is 0 Å². The Bertz CT molecular complexity index is 1750. The zero-order valence-corrected chi connectivity index (χ0v) is 59.7. The van der Waals surface area contributed by atoms with Crippen LogP contribution in [0.15, 0.2) is 0 Å². The van der Waals surface area contributed by atoms with Crippen LogP contribution in [0.5, 0.6) is 0 Å². The number of phosphoric acid groups is 2. The molecule has 0 aliphatic heterocycles. The highest BCUT2D eigenvalue weighted by Gasteiger charge is 2.30. The minimum atomic E-state index is -4.95. The van der Waals surface area contributed by atoms with Crippen molar-refractivity contribution in [3.63, 3.8) is 0 Å². The molecule has 0 heterocycles. The van der Waals surface area contributed by atoms with Crippen LogP contribution >= 0.6 is 15.6 Å². The van der Waals surface area contributed by atoms with Crippen molar-refractivity contribution in [2.24, 2.45) is 17.8 Å². The van der Waals surface area contributed by atoms with E-state index in [1.807, 2.05) is 0 Å². The molecule has 0 rings (SSSR count). The molecule has 0 aromatic rings. The van der Waals surface area contributed by atoms with Crippen molar-refractivity contribution in [1.82, 2.24) is 0 Å². The Morgan fingerprint density at radius 3 is 0.854 bits per heavy atom. The highest BCUT2D eigenvalue weighted by Crippen LogP contribution is 2.45. The van der Waals surface area contributed by atoms with Gasteiger partial charge in [-0.1, -0.05) is 299 Å². The number of hydrogen-bond acceptors (Lipinski definition) is 15. The Kier molecular flexibility index (Phi) is 59.6. The van der Waals surface area contributed by atoms with Crippen LogP contribution in [0.25, 0.3) is 0 Å². The number of aliphatic hydroxyl groups is 1. The quantitative estimate of drug-likeness (QED) is 0.0222. The van der Waals surface area contributed by atoms with E-state index in [-0.39, 0.29) is 25.7 Å². The molecule has 7 atom stereocenters. The van der Waals surface area contributed by atoms with Crippen LogP contribution in [0.4, 0.5) is 0 Å². The molecule has 0 saturated carbocycles. The van der Waals surface area contributed by atoms with E-state index in [9.17, 15) is 43.2 Å². The standard InChI is InChI=1S/C70H136O17P2/c1-8-11-12-13-14-15-16-17-20-23-29-37-44-51-67(72)80-57-65(86-69(74)53-46-39-30-24-21-18-19-22-27-34-41-48-61(4)5)59-84-88(76,77)82-55-64(71)56-83-89(78,79)85-60-66(58-81-68(73)52-45-38-33-32-36-43-50-63(7)10-3)87-70(75)54-47-40-31-26-25-28-35-42-49-62(6)9-2/h61-66,71H,8-60H2,1-7H3,(H,76,77)(H,78,79)/t62?,63?,64-,65-,66-/m1/s1. The second-order valence-electron chi connectivity index (χ2n) is 26.2. The highest BCUT2D eigenvalue weighted by atomic mass is 31.2. The van der Waals surface area contributed by atoms with E-state index in [4.69, 9.17) is 37.0 Å². The molecule has 17 nitrogen and oxygen atoms in total. The minimum absolute atomic E-state index is 0.104. The summed E-state index contributed by atoms with van der Waals surface area (Å²) < 4.78 is 68.3. The average molecular weight is 1310 g/mol. The Hall–Kier alpha value is -1.94. The number of phosphoric ester groups is 2. The van der Waals surface area contributed by atoms with E-state index in [1.165, 1.54) is 154 Å². The maximum Gasteiger partial charge on any atom is 0.472 e. The minimum Gasteiger partial charge on any atom is -0.462 e. The summed E-state index contributed by atoms with van der Waals surface area (Å²) in [6, 6.07) is 0. The monoisotopic (exact) mass is 1310 g/mol. The van der Waals surface area contributed by atoms with Crippen molar-refractivity contribution in [1.29, 1.82) is 0 Å². The van der Waals surface area contributed by atoms with E-state index in [1.54, 1.807) is 0 Å². The first-order valence-corrected chi connectivity index (χ1v) is 39.4. The molecule has 528 valence electrons. The predicted octanol–water partition coefficient (Wildman–Crippen LogP) is 19.8. The van der Waals surface area contributed by atoms with Crippen molar-refractivity contribution in [2.75, 3.05) is 39.6 Å². The summed E-state index contributed by atoms with van der Waals surface area (Å²) in [7, 11) is -9.90. The van der Waals surface area contributed by atoms with Gasteiger partial charge >= 0.3 is 39.5 Å². The van der Waals surface area contributed by atoms with Crippen LogP contribution in [-0.4, -0.2) is 96.7 Å². The fraction of sp³-hybridized carbons (Fsp3) is 0.943. The van der Waals surface area contributed by atoms with Gasteiger partial charge in [0.2, 0.25) is 0 Å². The van der Waals surface area contributed by atoms with Crippen LogP contribution in [0.3, 0.4) is 0 Å². The lowest BCUT2D eigenvalue weighted by molar-refractivity contribution is -0.161. The molecule has 0 aromatic heterocycles. The van der Waals surface area contributed by atoms with Gasteiger partial charge in [0.15, 0.2) is 12.2 Å². The van der Waals surface area contributed by atoms with E-state index in [2.05, 4.69) is 48.5 Å². The number of unbranched alkanes of at least 4 members (excludes halogenated alkanes) is 34. The molecule has 0 aromatic carbocycles. The topological polar surface area (TPSA) is 237 Å². The number of ether oxygens (including phenoxy) is 4. The summed E-state index contributed by atoms with van der Waals surface area (Å²) in [5.41, 5.74) is 0. The van der Waals surface area contributed by atoms with E-state index in [0.717, 1.165) is 114 Å². The third kappa shape index (κ3) is 62.0. The van der Waals surface area contributed by atoms with Gasteiger partial charge in [-0.3, -0.25) is 37.3 Å². The molecule has 19 heteroatoms. The number of hydrogen-bond donors (Lipinski definition) is 3. The number of carbonyl (C=O) groups excluding carboxylic acids is 4. The van der Waals surface area contributed by atoms with Crippen molar-refractivity contribution in [3.05, 3.63) is 0 Å². The zero-order chi connectivity index (χ0) is 65.9. The average Bonchev–Trinajstić information content (AvgIpc) is 3.66. The van der Waals surface area contributed by atoms with Crippen LogP contribution < -0.4 is 0 Å². The molecule has 0 fully saturated rings. The molecular weight excluding hydrogens is 1170 g/mol. The van der Waals surface area contributed by atoms with Crippen molar-refractivity contribution < 1.29 is 80.2 Å². The van der Waals surface area contributed by atoms with Gasteiger partial charge in [0.05, 0.1) is 26.4 Å². The predicted molar refractivity (Wildman–Crippen MR) is 358 cm³/mol. The Labute approximate surface area is 543 Å². The van der Waals surface area contributed by atoms with Gasteiger partial charge in [-0.25, -0.2) is 9.13 Å². The first-order chi connectivity index (χ1) is 42.8. The lowest BCUT2D eigenvalue weighted by Crippen LogP contribution is -2.30. The zero-order valence-electron chi connectivity index (χ0n) is 57.9. The fourth-order valence-electron chi connectivity index (χ4n) is 10.5. The van der Waals surface area contributed by atoms with Crippen LogP contribution in [0.1, 0.15) is 350 Å². The fourth-order valence-corrected chi connectivity index (χ4v) is 12.1. The molecule has 0 bridgehead atoms. The first-order valence-electron chi connectivity index (χ1n) is 36.4. The SMILES string of the molecule is CCCCCCCCCCCCCCCC(=O)OC[C@H](COP(=O)(O)OC[C@@H](O)COP(=O)(O)OC[C@@H](COC(=O)CCCCCCCCC(C)CC)OC(=O)CCCCCCCCCCC(C)CC)OC(=O)CCCCCCCCCCCCCC(C)C. The molecule has 89 heavy (non-hydrogen) atoms. The normalized spacial score (nSPS) is 14.8. The molecule has 0 amide bonds. The summed E-state index contributed by atoms with van der Waals surface area (Å²) in [5.74, 6) is 0.138. The molecule has 0 aliphatic rings. The third-order valence-corrected chi connectivity index (χ3v) is 18.8. The van der Waals surface area contributed by atoms with Crippen molar-refractivity contribution in [2.45, 2.75) is 369 Å².